The smallest absolute Gasteiger partial charge is 0.155 e. The van der Waals surface area contributed by atoms with Gasteiger partial charge in [0.2, 0.25) is 0 Å². The Bertz CT molecular complexity index is 508. The van der Waals surface area contributed by atoms with E-state index in [1.165, 1.54) is 31.3 Å². The number of ketones is 1. The third-order valence-corrected chi connectivity index (χ3v) is 7.91. The van der Waals surface area contributed by atoms with Crippen molar-refractivity contribution in [3.05, 3.63) is 11.6 Å². The zero-order chi connectivity index (χ0) is 14.8. The number of hydrogen-bond donors (Lipinski definition) is 1. The minimum Gasteiger partial charge on any atom is -0.393 e. The highest BCUT2D eigenvalue weighted by atomic mass is 16.3. The molecule has 116 valence electrons. The van der Waals surface area contributed by atoms with Crippen LogP contribution >= 0.6 is 0 Å². The summed E-state index contributed by atoms with van der Waals surface area (Å²) in [5.41, 5.74) is 1.89. The molecule has 3 fully saturated rings. The minimum absolute atomic E-state index is 0.0823. The highest BCUT2D eigenvalue weighted by molar-refractivity contribution is 5.91. The summed E-state index contributed by atoms with van der Waals surface area (Å²) >= 11 is 0. The molecule has 4 rings (SSSR count). The van der Waals surface area contributed by atoms with E-state index in [4.69, 9.17) is 0 Å². The number of rotatable bonds is 0. The van der Waals surface area contributed by atoms with Crippen LogP contribution in [0, 0.1) is 28.6 Å². The number of carbonyl (C=O) groups excluding carboxylic acids is 1. The summed E-state index contributed by atoms with van der Waals surface area (Å²) in [6.07, 6.45) is 10.7. The van der Waals surface area contributed by atoms with Gasteiger partial charge in [-0.2, -0.15) is 0 Å². The predicted molar refractivity (Wildman–Crippen MR) is 82.7 cm³/mol. The van der Waals surface area contributed by atoms with Crippen molar-refractivity contribution in [2.75, 3.05) is 0 Å². The lowest BCUT2D eigenvalue weighted by atomic mass is 9.47. The second-order valence-corrected chi connectivity index (χ2v) is 8.61. The van der Waals surface area contributed by atoms with Crippen molar-refractivity contribution in [1.82, 2.24) is 0 Å². The maximum Gasteiger partial charge on any atom is 0.155 e. The highest BCUT2D eigenvalue weighted by Crippen LogP contribution is 2.65. The van der Waals surface area contributed by atoms with Gasteiger partial charge in [0.1, 0.15) is 0 Å². The second kappa shape index (κ2) is 4.44. The zero-order valence-corrected chi connectivity index (χ0v) is 13.4. The standard InChI is InChI=1S/C19H28O2/c1-18-9-7-13(20)11-12(18)3-4-14-15-5-6-17(21)19(15,2)10-8-16(14)18/h11,14-17,21H,3-10H2,1-2H3/t14-,15-,16-,17?,18?,19-/m0/s1. The first-order valence-electron chi connectivity index (χ1n) is 8.87. The van der Waals surface area contributed by atoms with Gasteiger partial charge in [0.25, 0.3) is 0 Å². The van der Waals surface area contributed by atoms with E-state index in [9.17, 15) is 9.90 Å². The molecule has 0 bridgehead atoms. The summed E-state index contributed by atoms with van der Waals surface area (Å²) in [5, 5.41) is 10.4. The first kappa shape index (κ1) is 14.0. The Morgan fingerprint density at radius 3 is 2.67 bits per heavy atom. The van der Waals surface area contributed by atoms with Crippen molar-refractivity contribution in [3.63, 3.8) is 0 Å². The Balaban J connectivity index is 1.69. The minimum atomic E-state index is -0.0823. The third-order valence-electron chi connectivity index (χ3n) is 7.91. The van der Waals surface area contributed by atoms with Crippen LogP contribution in [0.3, 0.4) is 0 Å². The van der Waals surface area contributed by atoms with Gasteiger partial charge in [-0.05, 0) is 79.6 Å². The van der Waals surface area contributed by atoms with Crippen LogP contribution in [0.25, 0.3) is 0 Å². The number of aliphatic hydroxyl groups is 1. The Morgan fingerprint density at radius 2 is 1.86 bits per heavy atom. The van der Waals surface area contributed by atoms with Gasteiger partial charge >= 0.3 is 0 Å². The highest BCUT2D eigenvalue weighted by Gasteiger charge is 2.58. The Kier molecular flexibility index (Phi) is 2.96. The van der Waals surface area contributed by atoms with E-state index in [-0.39, 0.29) is 16.9 Å². The van der Waals surface area contributed by atoms with Crippen LogP contribution in [0.1, 0.15) is 65.2 Å². The number of carbonyl (C=O) groups is 1. The van der Waals surface area contributed by atoms with Gasteiger partial charge in [0.05, 0.1) is 6.10 Å². The lowest BCUT2D eigenvalue weighted by Crippen LogP contribution is -2.51. The average Bonchev–Trinajstić information content (AvgIpc) is 2.76. The molecule has 4 aliphatic rings. The molecule has 3 saturated carbocycles. The van der Waals surface area contributed by atoms with E-state index in [2.05, 4.69) is 13.8 Å². The van der Waals surface area contributed by atoms with Crippen LogP contribution in [0.4, 0.5) is 0 Å². The van der Waals surface area contributed by atoms with Crippen molar-refractivity contribution in [3.8, 4) is 0 Å². The van der Waals surface area contributed by atoms with E-state index in [0.29, 0.717) is 11.7 Å². The van der Waals surface area contributed by atoms with Crippen LogP contribution < -0.4 is 0 Å². The molecule has 1 N–H and O–H groups in total. The fourth-order valence-corrected chi connectivity index (χ4v) is 6.53. The molecule has 2 unspecified atom stereocenters. The summed E-state index contributed by atoms with van der Waals surface area (Å²) in [4.78, 5) is 11.8. The zero-order valence-electron chi connectivity index (χ0n) is 13.4. The third kappa shape index (κ3) is 1.78. The molecule has 21 heavy (non-hydrogen) atoms. The number of aliphatic hydroxyl groups excluding tert-OH is 1. The van der Waals surface area contributed by atoms with Gasteiger partial charge in [0, 0.05) is 6.42 Å². The molecule has 4 aliphatic carbocycles. The van der Waals surface area contributed by atoms with Crippen LogP contribution in [-0.2, 0) is 4.79 Å². The molecule has 0 radical (unpaired) electrons. The Labute approximate surface area is 128 Å². The second-order valence-electron chi connectivity index (χ2n) is 8.61. The lowest BCUT2D eigenvalue weighted by molar-refractivity contribution is -0.118. The largest absolute Gasteiger partial charge is 0.393 e. The van der Waals surface area contributed by atoms with E-state index >= 15 is 0 Å². The molecule has 0 aromatic heterocycles. The van der Waals surface area contributed by atoms with Crippen molar-refractivity contribution in [1.29, 1.82) is 0 Å². The van der Waals surface area contributed by atoms with Crippen molar-refractivity contribution < 1.29 is 9.90 Å². The monoisotopic (exact) mass is 288 g/mol. The molecule has 0 saturated heterocycles. The molecular weight excluding hydrogens is 260 g/mol. The van der Waals surface area contributed by atoms with Gasteiger partial charge < -0.3 is 5.11 Å². The summed E-state index contributed by atoms with van der Waals surface area (Å²) in [6, 6.07) is 0. The molecule has 0 aliphatic heterocycles. The van der Waals surface area contributed by atoms with E-state index in [1.807, 2.05) is 6.08 Å². The van der Waals surface area contributed by atoms with Gasteiger partial charge in [-0.3, -0.25) is 4.79 Å². The Hall–Kier alpha value is -0.630. The summed E-state index contributed by atoms with van der Waals surface area (Å²) in [5.74, 6) is 2.57. The molecule has 0 aromatic rings. The van der Waals surface area contributed by atoms with E-state index in [1.54, 1.807) is 0 Å². The maximum absolute atomic E-state index is 11.8. The lowest BCUT2D eigenvalue weighted by Gasteiger charge is -2.57. The summed E-state index contributed by atoms with van der Waals surface area (Å²) < 4.78 is 0. The van der Waals surface area contributed by atoms with Gasteiger partial charge in [-0.15, -0.1) is 0 Å². The van der Waals surface area contributed by atoms with E-state index < -0.39 is 0 Å². The number of fused-ring (bicyclic) bond motifs is 5. The molecule has 0 heterocycles. The van der Waals surface area contributed by atoms with Crippen molar-refractivity contribution in [2.24, 2.45) is 28.6 Å². The quantitative estimate of drug-likeness (QED) is 0.734. The normalized spacial score (nSPS) is 52.7. The summed E-state index contributed by atoms with van der Waals surface area (Å²) in [6.45, 7) is 4.76. The maximum atomic E-state index is 11.8. The molecule has 0 spiro atoms. The first-order chi connectivity index (χ1) is 9.95. The topological polar surface area (TPSA) is 37.3 Å². The molecule has 2 heteroatoms. The van der Waals surface area contributed by atoms with Gasteiger partial charge in [-0.25, -0.2) is 0 Å². The average molecular weight is 288 g/mol. The Morgan fingerprint density at radius 1 is 1.05 bits per heavy atom. The SMILES string of the molecule is CC12CCC(=O)C=C1CC[C@@H]1[C@@H]2CC[C@]2(C)C(O)CC[C@@H]12. The van der Waals surface area contributed by atoms with Gasteiger partial charge in [0.15, 0.2) is 5.78 Å². The van der Waals surface area contributed by atoms with Crippen molar-refractivity contribution >= 4 is 5.78 Å². The number of hydrogen-bond acceptors (Lipinski definition) is 2. The van der Waals surface area contributed by atoms with Crippen LogP contribution in [0.5, 0.6) is 0 Å². The van der Waals surface area contributed by atoms with Gasteiger partial charge in [-0.1, -0.05) is 19.4 Å². The molecule has 0 amide bonds. The fraction of sp³-hybridized carbons (Fsp3) is 0.842. The van der Waals surface area contributed by atoms with Crippen LogP contribution in [-0.4, -0.2) is 17.0 Å². The molecule has 6 atom stereocenters. The molecular formula is C19H28O2. The summed E-state index contributed by atoms with van der Waals surface area (Å²) in [7, 11) is 0. The van der Waals surface area contributed by atoms with Crippen molar-refractivity contribution in [2.45, 2.75) is 71.3 Å². The first-order valence-corrected chi connectivity index (χ1v) is 8.87. The van der Waals surface area contributed by atoms with Crippen LogP contribution in [0.15, 0.2) is 11.6 Å². The molecule has 2 nitrogen and oxygen atoms in total. The fourth-order valence-electron chi connectivity index (χ4n) is 6.53. The number of allylic oxidation sites excluding steroid dienone is 1. The van der Waals surface area contributed by atoms with E-state index in [0.717, 1.165) is 37.5 Å². The van der Waals surface area contributed by atoms with Crippen LogP contribution in [0.2, 0.25) is 0 Å². The molecule has 0 aromatic carbocycles. The predicted octanol–water partition coefficient (Wildman–Crippen LogP) is 3.88.